The highest BCUT2D eigenvalue weighted by Gasteiger charge is 2.56. The number of nitrogens with zero attached hydrogens (tertiary/aromatic N) is 2. The number of nitriles is 1. The standard InChI is InChI=1S/C28H24N4O3/c29-17-21-16-28(23-13-7-8-14-24(23)31-27(28)35)18-32(21)26(34)22(15-19-9-3-1-4-10-19)25(33)30-20-11-5-2-6-12-20/h1-14,21-22H,15-16,18H2,(H,30,33)(H,31,35)/t21?,22?,28-/m0/s1. The van der Waals surface area contributed by atoms with Gasteiger partial charge in [0.25, 0.3) is 0 Å². The van der Waals surface area contributed by atoms with Gasteiger partial charge in [-0.2, -0.15) is 5.26 Å². The average molecular weight is 465 g/mol. The Labute approximate surface area is 203 Å². The van der Waals surface area contributed by atoms with Crippen LogP contribution in [0.25, 0.3) is 0 Å². The van der Waals surface area contributed by atoms with Crippen molar-refractivity contribution in [1.29, 1.82) is 5.26 Å². The number of likely N-dealkylation sites (tertiary alicyclic amines) is 1. The van der Waals surface area contributed by atoms with Crippen LogP contribution < -0.4 is 10.6 Å². The van der Waals surface area contributed by atoms with Gasteiger partial charge in [0.15, 0.2) is 0 Å². The number of anilines is 2. The van der Waals surface area contributed by atoms with Gasteiger partial charge in [-0.05, 0) is 35.7 Å². The fraction of sp³-hybridized carbons (Fsp3) is 0.214. The summed E-state index contributed by atoms with van der Waals surface area (Å²) in [6.07, 6.45) is 0.374. The van der Waals surface area contributed by atoms with E-state index in [1.54, 1.807) is 24.3 Å². The van der Waals surface area contributed by atoms with Gasteiger partial charge in [-0.25, -0.2) is 0 Å². The van der Waals surface area contributed by atoms with E-state index in [1.807, 2.05) is 60.7 Å². The van der Waals surface area contributed by atoms with Gasteiger partial charge in [0.2, 0.25) is 17.7 Å². The average Bonchev–Trinajstić information content (AvgIpc) is 3.41. The fourth-order valence-electron chi connectivity index (χ4n) is 5.08. The molecule has 3 atom stereocenters. The quantitative estimate of drug-likeness (QED) is 0.564. The third-order valence-electron chi connectivity index (χ3n) is 6.85. The van der Waals surface area contributed by atoms with Gasteiger partial charge in [-0.15, -0.1) is 0 Å². The predicted octanol–water partition coefficient (Wildman–Crippen LogP) is 3.50. The number of benzene rings is 3. The van der Waals surface area contributed by atoms with Crippen LogP contribution in [0.1, 0.15) is 17.5 Å². The molecule has 7 nitrogen and oxygen atoms in total. The molecule has 0 saturated carbocycles. The monoisotopic (exact) mass is 464 g/mol. The normalized spacial score (nSPS) is 21.2. The van der Waals surface area contributed by atoms with E-state index in [4.69, 9.17) is 0 Å². The highest BCUT2D eigenvalue weighted by Crippen LogP contribution is 2.46. The summed E-state index contributed by atoms with van der Waals surface area (Å²) >= 11 is 0. The van der Waals surface area contributed by atoms with E-state index >= 15 is 0 Å². The summed E-state index contributed by atoms with van der Waals surface area (Å²) in [5.41, 5.74) is 1.91. The van der Waals surface area contributed by atoms with Crippen LogP contribution in [0.5, 0.6) is 0 Å². The van der Waals surface area contributed by atoms with Crippen molar-refractivity contribution in [3.8, 4) is 6.07 Å². The van der Waals surface area contributed by atoms with Crippen LogP contribution in [-0.4, -0.2) is 35.2 Å². The van der Waals surface area contributed by atoms with Crippen LogP contribution >= 0.6 is 0 Å². The number of para-hydroxylation sites is 2. The number of carbonyl (C=O) groups excluding carboxylic acids is 3. The van der Waals surface area contributed by atoms with Crippen molar-refractivity contribution in [2.75, 3.05) is 17.2 Å². The molecule has 2 N–H and O–H groups in total. The van der Waals surface area contributed by atoms with E-state index in [1.165, 1.54) is 4.90 Å². The smallest absolute Gasteiger partial charge is 0.237 e. The molecule has 1 spiro atoms. The zero-order chi connectivity index (χ0) is 24.4. The molecule has 35 heavy (non-hydrogen) atoms. The Bertz CT molecular complexity index is 1320. The topological polar surface area (TPSA) is 102 Å². The maximum atomic E-state index is 13.9. The maximum absolute atomic E-state index is 13.9. The number of amides is 3. The summed E-state index contributed by atoms with van der Waals surface area (Å²) < 4.78 is 0. The first-order valence-corrected chi connectivity index (χ1v) is 11.5. The Kier molecular flexibility index (Phi) is 5.79. The van der Waals surface area contributed by atoms with Crippen molar-refractivity contribution in [2.24, 2.45) is 5.92 Å². The van der Waals surface area contributed by atoms with Gasteiger partial charge in [0, 0.05) is 24.3 Å². The van der Waals surface area contributed by atoms with E-state index in [-0.39, 0.29) is 25.3 Å². The number of rotatable bonds is 5. The number of nitrogens with one attached hydrogen (secondary N) is 2. The largest absolute Gasteiger partial charge is 0.325 e. The van der Waals surface area contributed by atoms with Crippen molar-refractivity contribution in [2.45, 2.75) is 24.3 Å². The first-order valence-electron chi connectivity index (χ1n) is 11.5. The molecule has 2 aliphatic rings. The van der Waals surface area contributed by atoms with Crippen molar-refractivity contribution in [3.05, 3.63) is 96.1 Å². The van der Waals surface area contributed by atoms with E-state index in [0.29, 0.717) is 11.4 Å². The molecule has 3 amide bonds. The second-order valence-electron chi connectivity index (χ2n) is 8.99. The summed E-state index contributed by atoms with van der Waals surface area (Å²) in [5.74, 6) is -2.17. The van der Waals surface area contributed by atoms with Gasteiger partial charge in [-0.3, -0.25) is 14.4 Å². The molecule has 2 aliphatic heterocycles. The van der Waals surface area contributed by atoms with Crippen LogP contribution in [0, 0.1) is 17.2 Å². The highest BCUT2D eigenvalue weighted by molar-refractivity contribution is 6.09. The lowest BCUT2D eigenvalue weighted by atomic mass is 9.80. The van der Waals surface area contributed by atoms with Crippen molar-refractivity contribution in [1.82, 2.24) is 4.90 Å². The third kappa shape index (κ3) is 4.04. The van der Waals surface area contributed by atoms with Gasteiger partial charge >= 0.3 is 0 Å². The fourth-order valence-corrected chi connectivity index (χ4v) is 5.08. The molecule has 0 bridgehead atoms. The summed E-state index contributed by atoms with van der Waals surface area (Å²) in [5, 5.41) is 15.7. The molecule has 1 fully saturated rings. The first-order chi connectivity index (χ1) is 17.0. The highest BCUT2D eigenvalue weighted by atomic mass is 16.2. The number of fused-ring (bicyclic) bond motifs is 2. The molecule has 2 heterocycles. The molecule has 3 aromatic carbocycles. The summed E-state index contributed by atoms with van der Waals surface area (Å²) in [6, 6.07) is 27.0. The Hall–Kier alpha value is -4.44. The zero-order valence-corrected chi connectivity index (χ0v) is 19.0. The van der Waals surface area contributed by atoms with Crippen molar-refractivity contribution >= 4 is 29.1 Å². The summed E-state index contributed by atoms with van der Waals surface area (Å²) in [4.78, 5) is 41.8. The summed E-state index contributed by atoms with van der Waals surface area (Å²) in [7, 11) is 0. The predicted molar refractivity (Wildman–Crippen MR) is 131 cm³/mol. The van der Waals surface area contributed by atoms with Crippen molar-refractivity contribution < 1.29 is 14.4 Å². The molecule has 5 rings (SSSR count). The third-order valence-corrected chi connectivity index (χ3v) is 6.85. The molecule has 0 aromatic heterocycles. The molecule has 0 radical (unpaired) electrons. The van der Waals surface area contributed by atoms with Crippen LogP contribution in [-0.2, 0) is 26.2 Å². The van der Waals surface area contributed by atoms with Crippen LogP contribution in [0.15, 0.2) is 84.9 Å². The van der Waals surface area contributed by atoms with Gasteiger partial charge in [0.05, 0.1) is 11.5 Å². The van der Waals surface area contributed by atoms with E-state index in [0.717, 1.165) is 11.1 Å². The first kappa shape index (κ1) is 22.4. The van der Waals surface area contributed by atoms with Crippen LogP contribution in [0.3, 0.4) is 0 Å². The lowest BCUT2D eigenvalue weighted by molar-refractivity contribution is -0.140. The summed E-state index contributed by atoms with van der Waals surface area (Å²) in [6.45, 7) is 0.0524. The Morgan fingerprint density at radius 2 is 1.69 bits per heavy atom. The number of hydrogen-bond donors (Lipinski definition) is 2. The lowest BCUT2D eigenvalue weighted by Gasteiger charge is -2.26. The van der Waals surface area contributed by atoms with Crippen molar-refractivity contribution in [3.63, 3.8) is 0 Å². The SMILES string of the molecule is N#CC1C[C@@]2(CN1C(=O)C(Cc1ccccc1)C(=O)Nc1ccccc1)C(=O)Nc1ccccc12. The molecule has 7 heteroatoms. The van der Waals surface area contributed by atoms with Gasteiger partial charge in [-0.1, -0.05) is 66.7 Å². The van der Waals surface area contributed by atoms with E-state index in [9.17, 15) is 19.6 Å². The Morgan fingerprint density at radius 3 is 2.40 bits per heavy atom. The molecule has 2 unspecified atom stereocenters. The molecule has 0 aliphatic carbocycles. The Morgan fingerprint density at radius 1 is 1.03 bits per heavy atom. The van der Waals surface area contributed by atoms with E-state index < -0.39 is 29.2 Å². The molecular formula is C28H24N4O3. The molecular weight excluding hydrogens is 440 g/mol. The minimum Gasteiger partial charge on any atom is -0.325 e. The second kappa shape index (κ2) is 9.07. The van der Waals surface area contributed by atoms with E-state index in [2.05, 4.69) is 16.7 Å². The minimum absolute atomic E-state index is 0.0524. The minimum atomic E-state index is -1.05. The van der Waals surface area contributed by atoms with Gasteiger partial charge in [0.1, 0.15) is 12.0 Å². The Balaban J connectivity index is 1.47. The molecule has 1 saturated heterocycles. The molecule has 174 valence electrons. The van der Waals surface area contributed by atoms with Crippen LogP contribution in [0.4, 0.5) is 11.4 Å². The van der Waals surface area contributed by atoms with Gasteiger partial charge < -0.3 is 15.5 Å². The maximum Gasteiger partial charge on any atom is 0.237 e. The molecule has 3 aromatic rings. The second-order valence-corrected chi connectivity index (χ2v) is 8.99. The zero-order valence-electron chi connectivity index (χ0n) is 19.0. The number of carbonyl (C=O) groups is 3. The number of hydrogen-bond acceptors (Lipinski definition) is 4. The lowest BCUT2D eigenvalue weighted by Crippen LogP contribution is -2.46. The van der Waals surface area contributed by atoms with Crippen LogP contribution in [0.2, 0.25) is 0 Å².